The zero-order chi connectivity index (χ0) is 24.2. The molecular formula is C25H37N3O5. The molecule has 0 radical (unpaired) electrons. The van der Waals surface area contributed by atoms with Gasteiger partial charge in [-0.1, -0.05) is 31.2 Å². The van der Waals surface area contributed by atoms with Crippen molar-refractivity contribution in [3.63, 3.8) is 0 Å². The molecule has 5 atom stereocenters. The molecule has 182 valence electrons. The Kier molecular flexibility index (Phi) is 5.98. The number of likely N-dealkylation sites (tertiary alicyclic amines) is 1. The minimum absolute atomic E-state index is 0.0232. The van der Waals surface area contributed by atoms with E-state index in [-0.39, 0.29) is 24.3 Å². The molecule has 0 bridgehead atoms. The number of fused-ring (bicyclic) bond motifs is 2. The van der Waals surface area contributed by atoms with Crippen molar-refractivity contribution in [2.24, 2.45) is 11.8 Å². The summed E-state index contributed by atoms with van der Waals surface area (Å²) in [6, 6.07) is -0.839. The Morgan fingerprint density at radius 2 is 1.73 bits per heavy atom. The second kappa shape index (κ2) is 8.24. The van der Waals surface area contributed by atoms with Crippen molar-refractivity contribution in [1.82, 2.24) is 14.7 Å². The molecule has 0 saturated carbocycles. The van der Waals surface area contributed by atoms with Gasteiger partial charge < -0.3 is 24.5 Å². The largest absolute Gasteiger partial charge is 0.396 e. The fourth-order valence-electron chi connectivity index (χ4n) is 6.12. The Bertz CT molecular complexity index is 893. The fourth-order valence-corrected chi connectivity index (χ4v) is 6.12. The monoisotopic (exact) mass is 459 g/mol. The number of hydrogen-bond donors (Lipinski definition) is 1. The normalized spacial score (nSPS) is 36.1. The molecule has 1 spiro atoms. The predicted octanol–water partition coefficient (Wildman–Crippen LogP) is 1.35. The first-order chi connectivity index (χ1) is 15.5. The van der Waals surface area contributed by atoms with Crippen LogP contribution in [0.5, 0.6) is 0 Å². The lowest BCUT2D eigenvalue weighted by molar-refractivity contribution is -0.156. The van der Waals surface area contributed by atoms with E-state index in [0.29, 0.717) is 38.9 Å². The Hall–Kier alpha value is -2.19. The van der Waals surface area contributed by atoms with Crippen LogP contribution in [0.2, 0.25) is 0 Å². The van der Waals surface area contributed by atoms with E-state index in [1.54, 1.807) is 21.7 Å². The van der Waals surface area contributed by atoms with Gasteiger partial charge in [-0.25, -0.2) is 0 Å². The lowest BCUT2D eigenvalue weighted by atomic mass is 9.73. The van der Waals surface area contributed by atoms with Gasteiger partial charge in [0.05, 0.1) is 17.4 Å². The molecule has 0 aromatic heterocycles. The first-order valence-corrected chi connectivity index (χ1v) is 12.1. The maximum absolute atomic E-state index is 14.1. The van der Waals surface area contributed by atoms with Gasteiger partial charge in [-0.05, 0) is 40.0 Å². The van der Waals surface area contributed by atoms with Crippen molar-refractivity contribution in [2.75, 3.05) is 33.3 Å². The molecule has 33 heavy (non-hydrogen) atoms. The molecule has 8 heteroatoms. The van der Waals surface area contributed by atoms with Crippen LogP contribution in [0.1, 0.15) is 47.0 Å². The van der Waals surface area contributed by atoms with E-state index in [2.05, 4.69) is 0 Å². The molecule has 3 amide bonds. The summed E-state index contributed by atoms with van der Waals surface area (Å²) in [6.45, 7) is 9.16. The predicted molar refractivity (Wildman–Crippen MR) is 123 cm³/mol. The first-order valence-electron chi connectivity index (χ1n) is 12.1. The number of likely N-dealkylation sites (N-methyl/N-ethyl adjacent to an activating group) is 1. The summed E-state index contributed by atoms with van der Waals surface area (Å²) in [7, 11) is 1.74. The average Bonchev–Trinajstić information content (AvgIpc) is 3.04. The smallest absolute Gasteiger partial charge is 0.249 e. The fraction of sp³-hybridized carbons (Fsp3) is 0.720. The van der Waals surface area contributed by atoms with E-state index in [4.69, 9.17) is 4.74 Å². The lowest BCUT2D eigenvalue weighted by Gasteiger charge is -2.41. The number of amides is 3. The van der Waals surface area contributed by atoms with Crippen molar-refractivity contribution < 1.29 is 24.2 Å². The maximum Gasteiger partial charge on any atom is 0.249 e. The topological polar surface area (TPSA) is 90.4 Å². The second-order valence-electron chi connectivity index (χ2n) is 10.7. The molecule has 4 aliphatic rings. The summed E-state index contributed by atoms with van der Waals surface area (Å²) in [5.41, 5.74) is -2.57. The number of hydrogen-bond acceptors (Lipinski definition) is 5. The quantitative estimate of drug-likeness (QED) is 0.495. The molecule has 4 heterocycles. The Balaban J connectivity index is 1.88. The van der Waals surface area contributed by atoms with Gasteiger partial charge in [-0.3, -0.25) is 14.4 Å². The first kappa shape index (κ1) is 24.0. The van der Waals surface area contributed by atoms with Gasteiger partial charge in [0, 0.05) is 38.8 Å². The minimum atomic E-state index is -1.20. The molecule has 0 aliphatic carbocycles. The van der Waals surface area contributed by atoms with Gasteiger partial charge in [0.1, 0.15) is 11.6 Å². The zero-order valence-corrected chi connectivity index (χ0v) is 20.4. The molecule has 2 fully saturated rings. The zero-order valence-electron chi connectivity index (χ0n) is 20.4. The number of carbonyl (C=O) groups excluding carboxylic acids is 3. The van der Waals surface area contributed by atoms with Gasteiger partial charge in [0.25, 0.3) is 0 Å². The van der Waals surface area contributed by atoms with Crippen molar-refractivity contribution in [3.8, 4) is 0 Å². The minimum Gasteiger partial charge on any atom is -0.396 e. The highest BCUT2D eigenvalue weighted by Crippen LogP contribution is 2.58. The molecular weight excluding hydrogens is 422 g/mol. The van der Waals surface area contributed by atoms with Gasteiger partial charge in [-0.2, -0.15) is 0 Å². The van der Waals surface area contributed by atoms with Crippen molar-refractivity contribution in [3.05, 3.63) is 24.3 Å². The molecule has 2 saturated heterocycles. The van der Waals surface area contributed by atoms with Crippen LogP contribution in [-0.2, 0) is 19.1 Å². The number of carbonyl (C=O) groups is 3. The summed E-state index contributed by atoms with van der Waals surface area (Å²) in [6.07, 6.45) is 9.33. The average molecular weight is 460 g/mol. The van der Waals surface area contributed by atoms with Crippen LogP contribution >= 0.6 is 0 Å². The second-order valence-corrected chi connectivity index (χ2v) is 10.7. The summed E-state index contributed by atoms with van der Waals surface area (Å²) in [5, 5.41) is 9.29. The van der Waals surface area contributed by atoms with Gasteiger partial charge in [0.2, 0.25) is 17.7 Å². The number of aliphatic hydroxyl groups excluding tert-OH is 1. The molecule has 0 aromatic rings. The third kappa shape index (κ3) is 3.44. The Morgan fingerprint density at radius 1 is 1.03 bits per heavy atom. The molecule has 1 N–H and O–H groups in total. The number of unbranched alkanes of at least 4 members (excludes halogenated alkanes) is 1. The molecule has 4 aliphatic heterocycles. The maximum atomic E-state index is 14.1. The van der Waals surface area contributed by atoms with E-state index in [9.17, 15) is 19.5 Å². The van der Waals surface area contributed by atoms with E-state index in [0.717, 1.165) is 0 Å². The van der Waals surface area contributed by atoms with Crippen LogP contribution in [0.4, 0.5) is 0 Å². The summed E-state index contributed by atoms with van der Waals surface area (Å²) >= 11 is 0. The van der Waals surface area contributed by atoms with Crippen LogP contribution in [0.3, 0.4) is 0 Å². The van der Waals surface area contributed by atoms with Crippen LogP contribution in [0, 0.1) is 11.8 Å². The molecule has 1 unspecified atom stereocenters. The Morgan fingerprint density at radius 3 is 2.36 bits per heavy atom. The lowest BCUT2D eigenvalue weighted by Crippen LogP contribution is -2.59. The van der Waals surface area contributed by atoms with E-state index >= 15 is 0 Å². The number of aliphatic hydroxyl groups is 1. The van der Waals surface area contributed by atoms with Gasteiger partial charge in [0.15, 0.2) is 0 Å². The highest BCUT2D eigenvalue weighted by atomic mass is 16.5. The summed E-state index contributed by atoms with van der Waals surface area (Å²) < 4.78 is 6.85. The molecule has 4 rings (SSSR count). The summed E-state index contributed by atoms with van der Waals surface area (Å²) in [4.78, 5) is 46.7. The van der Waals surface area contributed by atoms with Gasteiger partial charge in [-0.15, -0.1) is 0 Å². The summed E-state index contributed by atoms with van der Waals surface area (Å²) in [5.74, 6) is -1.94. The van der Waals surface area contributed by atoms with Crippen LogP contribution < -0.4 is 0 Å². The third-order valence-corrected chi connectivity index (χ3v) is 7.76. The highest BCUT2D eigenvalue weighted by molar-refractivity contribution is 6.00. The van der Waals surface area contributed by atoms with Gasteiger partial charge >= 0.3 is 0 Å². The number of rotatable bonds is 5. The van der Waals surface area contributed by atoms with Crippen molar-refractivity contribution in [1.29, 1.82) is 0 Å². The molecule has 8 nitrogen and oxygen atoms in total. The standard InChI is InChI=1S/C25H37N3O5/c1-6-24-11-9-13-26(5)20(30)17(24)18-21(31)27(14-7-8-16-29)19-22(32)28(23(2,3)4)15-10-12-25(18,19)33-24/h9-12,17-19,29H,6-8,13-16H2,1-5H3/t17-,18-,19?,24+,25-/m0/s1. The van der Waals surface area contributed by atoms with Crippen molar-refractivity contribution >= 4 is 17.7 Å². The molecule has 0 aromatic carbocycles. The number of ether oxygens (including phenoxy) is 1. The highest BCUT2D eigenvalue weighted by Gasteiger charge is 2.75. The van der Waals surface area contributed by atoms with E-state index < -0.39 is 34.6 Å². The van der Waals surface area contributed by atoms with Crippen molar-refractivity contribution in [2.45, 2.75) is 69.7 Å². The van der Waals surface area contributed by atoms with Crippen LogP contribution in [0.25, 0.3) is 0 Å². The Labute approximate surface area is 196 Å². The van der Waals surface area contributed by atoms with E-state index in [1.807, 2.05) is 52.0 Å². The van der Waals surface area contributed by atoms with Crippen LogP contribution in [0.15, 0.2) is 24.3 Å². The van der Waals surface area contributed by atoms with Crippen LogP contribution in [-0.4, -0.2) is 93.6 Å². The third-order valence-electron chi connectivity index (χ3n) is 7.76. The SMILES string of the molecule is CC[C@@]12C=CCN(C)C(=O)[C@@H]1[C@H]1C(=O)N(CCCCO)C3C(=O)N(C(C)(C)C)CC=C[C@@]31O2. The number of nitrogens with zero attached hydrogens (tertiary/aromatic N) is 3. The van der Waals surface area contributed by atoms with E-state index in [1.165, 1.54) is 0 Å².